The molecule has 4 aromatic rings. The Hall–Kier alpha value is -5.50. The lowest BCUT2D eigenvalue weighted by atomic mass is 10.1. The third-order valence-corrected chi connectivity index (χ3v) is 5.71. The van der Waals surface area contributed by atoms with Gasteiger partial charge in [-0.3, -0.25) is 9.59 Å². The minimum Gasteiger partial charge on any atom is -0.423 e. The molecule has 8 nitrogen and oxygen atoms in total. The smallest absolute Gasteiger partial charge is 0.343 e. The number of hydrazone groups is 1. The molecule has 4 rings (SSSR count). The molecule has 2 N–H and O–H groups in total. The number of ether oxygens (including phenoxy) is 1. The number of nitrogens with one attached hydrogen (secondary N) is 2. The van der Waals surface area contributed by atoms with Gasteiger partial charge in [0.25, 0.3) is 11.8 Å². The maximum Gasteiger partial charge on any atom is 0.343 e. The van der Waals surface area contributed by atoms with Gasteiger partial charge in [0.05, 0.1) is 11.8 Å². The predicted octanol–water partition coefficient (Wildman–Crippen LogP) is 4.89. The van der Waals surface area contributed by atoms with Crippen molar-refractivity contribution in [2.75, 3.05) is 19.0 Å². The highest BCUT2D eigenvalue weighted by atomic mass is 16.5. The van der Waals surface area contributed by atoms with Crippen molar-refractivity contribution in [2.45, 2.75) is 0 Å². The molecule has 0 aliphatic heterocycles. The highest BCUT2D eigenvalue weighted by molar-refractivity contribution is 6.05. The van der Waals surface area contributed by atoms with E-state index in [2.05, 4.69) is 15.8 Å². The van der Waals surface area contributed by atoms with Crippen LogP contribution in [0.1, 0.15) is 31.8 Å². The summed E-state index contributed by atoms with van der Waals surface area (Å²) in [5.41, 5.74) is 5.64. The molecule has 2 amide bonds. The monoisotopic (exact) mass is 532 g/mol. The second kappa shape index (κ2) is 13.3. The van der Waals surface area contributed by atoms with Gasteiger partial charge in [-0.15, -0.1) is 0 Å². The first-order valence-corrected chi connectivity index (χ1v) is 12.5. The number of hydrogen-bond acceptors (Lipinski definition) is 6. The molecule has 0 aliphatic carbocycles. The minimum absolute atomic E-state index is 0.0224. The van der Waals surface area contributed by atoms with Gasteiger partial charge in [-0.1, -0.05) is 60.7 Å². The van der Waals surface area contributed by atoms with Gasteiger partial charge in [-0.2, -0.15) is 5.10 Å². The van der Waals surface area contributed by atoms with Crippen LogP contribution in [0, 0.1) is 0 Å². The Labute approximate surface area is 232 Å². The molecule has 0 atom stereocenters. The first-order chi connectivity index (χ1) is 19.4. The topological polar surface area (TPSA) is 100 Å². The number of esters is 1. The summed E-state index contributed by atoms with van der Waals surface area (Å²) in [4.78, 5) is 40.2. The van der Waals surface area contributed by atoms with Crippen molar-refractivity contribution < 1.29 is 19.1 Å². The van der Waals surface area contributed by atoms with Crippen molar-refractivity contribution in [3.05, 3.63) is 137 Å². The molecule has 200 valence electrons. The molecule has 4 aromatic carbocycles. The van der Waals surface area contributed by atoms with E-state index >= 15 is 0 Å². The van der Waals surface area contributed by atoms with Crippen LogP contribution in [0.4, 0.5) is 5.69 Å². The fourth-order valence-electron chi connectivity index (χ4n) is 3.60. The Morgan fingerprint density at radius 2 is 1.40 bits per heavy atom. The standard InChI is InChI=1S/C32H28N4O4/c1-36(2)27-18-16-23(17-19-27)21-29(34-30(37)25-11-5-3-6-12-25)31(38)35-33-22-24-10-9-15-28(20-24)40-32(39)26-13-7-4-8-14-26/h3-22H,1-2H3,(H,34,37)(H,35,38)/b29-21+,33-22+. The molecule has 0 bridgehead atoms. The third kappa shape index (κ3) is 7.75. The van der Waals surface area contributed by atoms with Crippen molar-refractivity contribution >= 4 is 35.8 Å². The van der Waals surface area contributed by atoms with E-state index in [0.717, 1.165) is 11.3 Å². The van der Waals surface area contributed by atoms with Crippen LogP contribution < -0.4 is 20.4 Å². The Balaban J connectivity index is 1.48. The molecule has 0 saturated heterocycles. The van der Waals surface area contributed by atoms with Crippen molar-refractivity contribution in [3.8, 4) is 5.75 Å². The fourth-order valence-corrected chi connectivity index (χ4v) is 3.60. The zero-order valence-corrected chi connectivity index (χ0v) is 22.1. The molecule has 0 heterocycles. The lowest BCUT2D eigenvalue weighted by Crippen LogP contribution is -2.32. The molecule has 40 heavy (non-hydrogen) atoms. The molecular weight excluding hydrogens is 504 g/mol. The molecule has 0 spiro atoms. The number of carbonyl (C=O) groups excluding carboxylic acids is 3. The highest BCUT2D eigenvalue weighted by Crippen LogP contribution is 2.16. The first-order valence-electron chi connectivity index (χ1n) is 12.5. The largest absolute Gasteiger partial charge is 0.423 e. The zero-order valence-electron chi connectivity index (χ0n) is 22.1. The third-order valence-electron chi connectivity index (χ3n) is 5.71. The van der Waals surface area contributed by atoms with E-state index < -0.39 is 17.8 Å². The summed E-state index contributed by atoms with van der Waals surface area (Å²) in [6.45, 7) is 0. The molecule has 0 fully saturated rings. The summed E-state index contributed by atoms with van der Waals surface area (Å²) in [6, 6.07) is 31.5. The number of amides is 2. The van der Waals surface area contributed by atoms with Crippen LogP contribution in [-0.4, -0.2) is 38.1 Å². The van der Waals surface area contributed by atoms with Gasteiger partial charge in [0.2, 0.25) is 0 Å². The average molecular weight is 533 g/mol. The maximum atomic E-state index is 13.1. The van der Waals surface area contributed by atoms with E-state index in [0.29, 0.717) is 22.4 Å². The lowest BCUT2D eigenvalue weighted by molar-refractivity contribution is -0.117. The summed E-state index contributed by atoms with van der Waals surface area (Å²) < 4.78 is 5.43. The Morgan fingerprint density at radius 1 is 0.750 bits per heavy atom. The zero-order chi connectivity index (χ0) is 28.3. The molecule has 0 unspecified atom stereocenters. The van der Waals surface area contributed by atoms with Gasteiger partial charge < -0.3 is 15.0 Å². The van der Waals surface area contributed by atoms with Gasteiger partial charge in [0.15, 0.2) is 0 Å². The van der Waals surface area contributed by atoms with E-state index in [-0.39, 0.29) is 5.70 Å². The van der Waals surface area contributed by atoms with Gasteiger partial charge in [-0.25, -0.2) is 10.2 Å². The second-order valence-electron chi connectivity index (χ2n) is 8.89. The lowest BCUT2D eigenvalue weighted by Gasteiger charge is -2.12. The van der Waals surface area contributed by atoms with Gasteiger partial charge in [-0.05, 0) is 65.7 Å². The molecular formula is C32H28N4O4. The van der Waals surface area contributed by atoms with Crippen molar-refractivity contribution in [1.29, 1.82) is 0 Å². The van der Waals surface area contributed by atoms with Crippen LogP contribution in [0.2, 0.25) is 0 Å². The molecule has 8 heteroatoms. The maximum absolute atomic E-state index is 13.1. The van der Waals surface area contributed by atoms with Gasteiger partial charge >= 0.3 is 5.97 Å². The predicted molar refractivity (Wildman–Crippen MR) is 156 cm³/mol. The number of hydrogen-bond donors (Lipinski definition) is 2. The number of benzene rings is 4. The van der Waals surface area contributed by atoms with Crippen molar-refractivity contribution in [2.24, 2.45) is 5.10 Å². The summed E-state index contributed by atoms with van der Waals surface area (Å²) in [7, 11) is 3.87. The summed E-state index contributed by atoms with van der Waals surface area (Å²) >= 11 is 0. The summed E-state index contributed by atoms with van der Waals surface area (Å²) in [6.07, 6.45) is 3.00. The number of carbonyl (C=O) groups is 3. The highest BCUT2D eigenvalue weighted by Gasteiger charge is 2.14. The van der Waals surface area contributed by atoms with Crippen LogP contribution >= 0.6 is 0 Å². The van der Waals surface area contributed by atoms with E-state index in [4.69, 9.17) is 4.74 Å². The quantitative estimate of drug-likeness (QED) is 0.105. The van der Waals surface area contributed by atoms with Gasteiger partial charge in [0.1, 0.15) is 11.4 Å². The Kier molecular flexibility index (Phi) is 9.18. The Morgan fingerprint density at radius 3 is 2.05 bits per heavy atom. The van der Waals surface area contributed by atoms with Crippen LogP contribution in [-0.2, 0) is 4.79 Å². The molecule has 0 aliphatic rings. The Bertz CT molecular complexity index is 1530. The second-order valence-corrected chi connectivity index (χ2v) is 8.89. The van der Waals surface area contributed by atoms with Crippen LogP contribution in [0.15, 0.2) is 120 Å². The van der Waals surface area contributed by atoms with Gasteiger partial charge in [0, 0.05) is 25.3 Å². The number of anilines is 1. The van der Waals surface area contributed by atoms with E-state index in [1.807, 2.05) is 49.3 Å². The van der Waals surface area contributed by atoms with Crippen LogP contribution in [0.5, 0.6) is 5.75 Å². The van der Waals surface area contributed by atoms with E-state index in [1.54, 1.807) is 84.9 Å². The van der Waals surface area contributed by atoms with E-state index in [9.17, 15) is 14.4 Å². The minimum atomic E-state index is -0.608. The average Bonchev–Trinajstić information content (AvgIpc) is 2.98. The fraction of sp³-hybridized carbons (Fsp3) is 0.0625. The first kappa shape index (κ1) is 27.5. The normalized spacial score (nSPS) is 11.1. The number of nitrogens with zero attached hydrogens (tertiary/aromatic N) is 2. The number of rotatable bonds is 9. The molecule has 0 saturated carbocycles. The summed E-state index contributed by atoms with van der Waals surface area (Å²) in [5, 5.41) is 6.72. The van der Waals surface area contributed by atoms with Crippen molar-refractivity contribution in [1.82, 2.24) is 10.7 Å². The summed E-state index contributed by atoms with van der Waals surface area (Å²) in [5.74, 6) is -1.18. The molecule has 0 radical (unpaired) electrons. The van der Waals surface area contributed by atoms with Crippen molar-refractivity contribution in [3.63, 3.8) is 0 Å². The SMILES string of the molecule is CN(C)c1ccc(/C=C(/NC(=O)c2ccccc2)C(=O)N/N=C/c2cccc(OC(=O)c3ccccc3)c2)cc1. The van der Waals surface area contributed by atoms with Crippen LogP contribution in [0.3, 0.4) is 0 Å². The van der Waals surface area contributed by atoms with E-state index in [1.165, 1.54) is 6.21 Å². The molecule has 0 aromatic heterocycles. The van der Waals surface area contributed by atoms with Crippen LogP contribution in [0.25, 0.3) is 6.08 Å².